The molecule has 7 nitrogen and oxygen atoms in total. The molecule has 3 heterocycles. The second kappa shape index (κ2) is 9.78. The maximum Gasteiger partial charge on any atom is 0.223 e. The van der Waals surface area contributed by atoms with Gasteiger partial charge in [-0.25, -0.2) is 9.97 Å². The summed E-state index contributed by atoms with van der Waals surface area (Å²) in [5.74, 6) is 2.99. The van der Waals surface area contributed by atoms with Gasteiger partial charge in [0.2, 0.25) is 5.91 Å². The number of amides is 1. The van der Waals surface area contributed by atoms with Crippen molar-refractivity contribution in [1.82, 2.24) is 15.3 Å². The van der Waals surface area contributed by atoms with E-state index in [0.717, 1.165) is 62.0 Å². The molecule has 0 radical (unpaired) electrons. The third-order valence-electron chi connectivity index (χ3n) is 6.11. The average molecular weight is 410 g/mol. The van der Waals surface area contributed by atoms with Crippen molar-refractivity contribution in [2.75, 3.05) is 43.1 Å². The lowest BCUT2D eigenvalue weighted by Gasteiger charge is -2.33. The zero-order chi connectivity index (χ0) is 20.8. The molecule has 1 aromatic carbocycles. The van der Waals surface area contributed by atoms with Crippen molar-refractivity contribution in [2.24, 2.45) is 5.92 Å². The number of anilines is 2. The molecule has 30 heavy (non-hydrogen) atoms. The van der Waals surface area contributed by atoms with E-state index in [1.54, 1.807) is 13.4 Å². The first kappa shape index (κ1) is 20.4. The fourth-order valence-electron chi connectivity index (χ4n) is 4.29. The topological polar surface area (TPSA) is 70.6 Å². The Labute approximate surface area is 178 Å². The summed E-state index contributed by atoms with van der Waals surface area (Å²) in [6.07, 6.45) is 7.12. The average Bonchev–Trinajstić information content (AvgIpc) is 2.83. The number of nitrogens with one attached hydrogen (secondary N) is 1. The van der Waals surface area contributed by atoms with E-state index in [1.165, 1.54) is 19.3 Å². The number of aromatic nitrogens is 2. The monoisotopic (exact) mass is 409 g/mol. The van der Waals surface area contributed by atoms with Crippen LogP contribution in [0.3, 0.4) is 0 Å². The molecule has 0 saturated carbocycles. The Morgan fingerprint density at radius 2 is 1.73 bits per heavy atom. The molecule has 4 rings (SSSR count). The van der Waals surface area contributed by atoms with Crippen LogP contribution in [0.2, 0.25) is 0 Å². The molecule has 2 aromatic rings. The predicted molar refractivity (Wildman–Crippen MR) is 118 cm³/mol. The van der Waals surface area contributed by atoms with Crippen molar-refractivity contribution in [3.8, 4) is 5.75 Å². The smallest absolute Gasteiger partial charge is 0.223 e. The molecule has 2 aliphatic heterocycles. The normalized spacial score (nSPS) is 17.6. The highest BCUT2D eigenvalue weighted by atomic mass is 16.5. The summed E-state index contributed by atoms with van der Waals surface area (Å²) in [6.45, 7) is 4.36. The van der Waals surface area contributed by atoms with Gasteiger partial charge in [0, 0.05) is 44.7 Å². The minimum Gasteiger partial charge on any atom is -0.497 e. The van der Waals surface area contributed by atoms with Gasteiger partial charge in [0.1, 0.15) is 23.7 Å². The van der Waals surface area contributed by atoms with Crippen molar-refractivity contribution in [3.63, 3.8) is 0 Å². The minimum absolute atomic E-state index is 0.0512. The first-order chi connectivity index (χ1) is 14.7. The molecule has 0 bridgehead atoms. The zero-order valence-electron chi connectivity index (χ0n) is 17.7. The van der Waals surface area contributed by atoms with Gasteiger partial charge >= 0.3 is 0 Å². The van der Waals surface area contributed by atoms with E-state index >= 15 is 0 Å². The number of methoxy groups -OCH3 is 1. The number of hydrogen-bond donors (Lipinski definition) is 1. The van der Waals surface area contributed by atoms with Crippen LogP contribution in [0.15, 0.2) is 36.7 Å². The highest BCUT2D eigenvalue weighted by Gasteiger charge is 2.26. The van der Waals surface area contributed by atoms with Crippen LogP contribution in [0.25, 0.3) is 0 Å². The third-order valence-corrected chi connectivity index (χ3v) is 6.11. The summed E-state index contributed by atoms with van der Waals surface area (Å²) < 4.78 is 5.25. The van der Waals surface area contributed by atoms with Crippen LogP contribution in [0.1, 0.15) is 37.7 Å². The Morgan fingerprint density at radius 3 is 2.43 bits per heavy atom. The van der Waals surface area contributed by atoms with Crippen LogP contribution in [-0.2, 0) is 11.3 Å². The van der Waals surface area contributed by atoms with E-state index in [2.05, 4.69) is 31.2 Å². The molecular formula is C23H31N5O2. The standard InChI is InChI=1S/C23H31N5O2/c1-30-20-7-5-6-18(14-20)16-24-23(29)19-8-12-28(13-9-19)22-15-21(25-17-26-22)27-10-3-2-4-11-27/h5-7,14-15,17,19H,2-4,8-13,16H2,1H3,(H,24,29). The lowest BCUT2D eigenvalue weighted by atomic mass is 9.96. The highest BCUT2D eigenvalue weighted by Crippen LogP contribution is 2.25. The fraction of sp³-hybridized carbons (Fsp3) is 0.522. The summed E-state index contributed by atoms with van der Waals surface area (Å²) in [6, 6.07) is 9.91. The summed E-state index contributed by atoms with van der Waals surface area (Å²) in [7, 11) is 1.65. The molecular weight excluding hydrogens is 378 g/mol. The maximum absolute atomic E-state index is 12.6. The first-order valence-electron chi connectivity index (χ1n) is 11.0. The third kappa shape index (κ3) is 5.01. The van der Waals surface area contributed by atoms with Gasteiger partial charge in [0.15, 0.2) is 0 Å². The van der Waals surface area contributed by atoms with Crippen LogP contribution < -0.4 is 19.9 Å². The van der Waals surface area contributed by atoms with Crippen LogP contribution in [-0.4, -0.2) is 49.2 Å². The van der Waals surface area contributed by atoms with Gasteiger partial charge in [0.25, 0.3) is 0 Å². The Kier molecular flexibility index (Phi) is 6.67. The summed E-state index contributed by atoms with van der Waals surface area (Å²) in [4.78, 5) is 26.2. The number of rotatable bonds is 6. The molecule has 0 spiro atoms. The van der Waals surface area contributed by atoms with Crippen molar-refractivity contribution in [3.05, 3.63) is 42.2 Å². The van der Waals surface area contributed by atoms with Crippen molar-refractivity contribution in [1.29, 1.82) is 0 Å². The second-order valence-corrected chi connectivity index (χ2v) is 8.11. The molecule has 0 atom stereocenters. The van der Waals surface area contributed by atoms with Crippen LogP contribution >= 0.6 is 0 Å². The van der Waals surface area contributed by atoms with Crippen LogP contribution in [0, 0.1) is 5.92 Å². The van der Waals surface area contributed by atoms with E-state index in [4.69, 9.17) is 4.74 Å². The predicted octanol–water partition coefficient (Wildman–Crippen LogP) is 3.01. The van der Waals surface area contributed by atoms with Gasteiger partial charge in [-0.15, -0.1) is 0 Å². The molecule has 1 aromatic heterocycles. The Hall–Kier alpha value is -2.83. The largest absolute Gasteiger partial charge is 0.497 e. The molecule has 1 N–H and O–H groups in total. The van der Waals surface area contributed by atoms with Gasteiger partial charge in [-0.05, 0) is 49.8 Å². The zero-order valence-corrected chi connectivity index (χ0v) is 17.7. The molecule has 160 valence electrons. The molecule has 2 saturated heterocycles. The quantitative estimate of drug-likeness (QED) is 0.791. The number of benzene rings is 1. The van der Waals surface area contributed by atoms with Crippen LogP contribution in [0.5, 0.6) is 5.75 Å². The summed E-state index contributed by atoms with van der Waals surface area (Å²) in [5, 5.41) is 3.08. The SMILES string of the molecule is COc1cccc(CNC(=O)C2CCN(c3cc(N4CCCCC4)ncn3)CC2)c1. The van der Waals surface area contributed by atoms with E-state index < -0.39 is 0 Å². The van der Waals surface area contributed by atoms with Crippen molar-refractivity contribution >= 4 is 17.5 Å². The number of piperidine rings is 2. The van der Waals surface area contributed by atoms with E-state index in [9.17, 15) is 4.79 Å². The maximum atomic E-state index is 12.6. The van der Waals surface area contributed by atoms with Crippen molar-refractivity contribution < 1.29 is 9.53 Å². The summed E-state index contributed by atoms with van der Waals surface area (Å²) in [5.41, 5.74) is 1.05. The lowest BCUT2D eigenvalue weighted by molar-refractivity contribution is -0.125. The molecule has 2 aliphatic rings. The van der Waals surface area contributed by atoms with E-state index in [-0.39, 0.29) is 11.8 Å². The molecule has 0 unspecified atom stereocenters. The second-order valence-electron chi connectivity index (χ2n) is 8.11. The number of nitrogens with zero attached hydrogens (tertiary/aromatic N) is 4. The number of carbonyl (C=O) groups is 1. The summed E-state index contributed by atoms with van der Waals surface area (Å²) >= 11 is 0. The van der Waals surface area contributed by atoms with Gasteiger partial charge in [0.05, 0.1) is 7.11 Å². The molecule has 1 amide bonds. The Bertz CT molecular complexity index is 845. The molecule has 0 aliphatic carbocycles. The van der Waals surface area contributed by atoms with Crippen LogP contribution in [0.4, 0.5) is 11.6 Å². The van der Waals surface area contributed by atoms with Crippen molar-refractivity contribution in [2.45, 2.75) is 38.6 Å². The van der Waals surface area contributed by atoms with Gasteiger partial charge < -0.3 is 19.9 Å². The Balaban J connectivity index is 1.28. The van der Waals surface area contributed by atoms with E-state index in [1.807, 2.05) is 24.3 Å². The molecule has 2 fully saturated rings. The Morgan fingerprint density at radius 1 is 1.03 bits per heavy atom. The van der Waals surface area contributed by atoms with Gasteiger partial charge in [-0.2, -0.15) is 0 Å². The van der Waals surface area contributed by atoms with Gasteiger partial charge in [-0.1, -0.05) is 12.1 Å². The number of hydrogen-bond acceptors (Lipinski definition) is 6. The number of carbonyl (C=O) groups excluding carboxylic acids is 1. The highest BCUT2D eigenvalue weighted by molar-refractivity contribution is 5.79. The molecule has 7 heteroatoms. The first-order valence-corrected chi connectivity index (χ1v) is 11.0. The fourth-order valence-corrected chi connectivity index (χ4v) is 4.29. The van der Waals surface area contributed by atoms with E-state index in [0.29, 0.717) is 6.54 Å². The van der Waals surface area contributed by atoms with Gasteiger partial charge in [-0.3, -0.25) is 4.79 Å². The lowest BCUT2D eigenvalue weighted by Crippen LogP contribution is -2.40. The minimum atomic E-state index is 0.0512. The number of ether oxygens (including phenoxy) is 1.